The number of hydrogen-bond donors (Lipinski definition) is 2. The summed E-state index contributed by atoms with van der Waals surface area (Å²) in [4.78, 5) is 29.4. The molecule has 0 aliphatic carbocycles. The SMILES string of the molecule is CCCC(=O)Nc1cccc(CNC(=O)Cn2c(COc3ccccc3)nc3ccccc32)c1. The van der Waals surface area contributed by atoms with Crippen molar-refractivity contribution in [3.05, 3.63) is 90.3 Å². The van der Waals surface area contributed by atoms with Crippen molar-refractivity contribution in [2.45, 2.75) is 39.5 Å². The first kappa shape index (κ1) is 23.0. The van der Waals surface area contributed by atoms with Gasteiger partial charge in [-0.05, 0) is 48.4 Å². The van der Waals surface area contributed by atoms with E-state index >= 15 is 0 Å². The molecule has 174 valence electrons. The van der Waals surface area contributed by atoms with E-state index in [4.69, 9.17) is 4.74 Å². The number of hydrogen-bond acceptors (Lipinski definition) is 4. The zero-order chi connectivity index (χ0) is 23.8. The van der Waals surface area contributed by atoms with Crippen molar-refractivity contribution < 1.29 is 14.3 Å². The molecular weight excluding hydrogens is 428 g/mol. The molecule has 3 aromatic carbocycles. The van der Waals surface area contributed by atoms with Crippen LogP contribution in [0.25, 0.3) is 11.0 Å². The number of fused-ring (bicyclic) bond motifs is 1. The normalized spacial score (nSPS) is 10.7. The number of amides is 2. The van der Waals surface area contributed by atoms with Crippen LogP contribution < -0.4 is 15.4 Å². The molecule has 0 aliphatic rings. The smallest absolute Gasteiger partial charge is 0.240 e. The summed E-state index contributed by atoms with van der Waals surface area (Å²) in [6.07, 6.45) is 1.28. The number of benzene rings is 3. The van der Waals surface area contributed by atoms with Crippen LogP contribution in [0.2, 0.25) is 0 Å². The Morgan fingerprint density at radius 3 is 2.56 bits per heavy atom. The van der Waals surface area contributed by atoms with Gasteiger partial charge in [-0.15, -0.1) is 0 Å². The standard InChI is InChI=1S/C27H28N4O3/c1-2-9-26(32)29-21-11-8-10-20(16-21)17-28-27(33)18-31-24-15-7-6-14-23(24)30-25(31)19-34-22-12-4-3-5-13-22/h3-8,10-16H,2,9,17-19H2,1H3,(H,28,33)(H,29,32). The van der Waals surface area contributed by atoms with Crippen LogP contribution in [-0.4, -0.2) is 21.4 Å². The summed E-state index contributed by atoms with van der Waals surface area (Å²) in [5.74, 6) is 1.28. The number of carbonyl (C=O) groups is 2. The lowest BCUT2D eigenvalue weighted by molar-refractivity contribution is -0.121. The zero-order valence-electron chi connectivity index (χ0n) is 19.2. The molecule has 0 fully saturated rings. The van der Waals surface area contributed by atoms with Crippen LogP contribution in [0.3, 0.4) is 0 Å². The Labute approximate surface area is 198 Å². The molecule has 2 amide bonds. The van der Waals surface area contributed by atoms with Crippen molar-refractivity contribution in [2.75, 3.05) is 5.32 Å². The van der Waals surface area contributed by atoms with Crippen molar-refractivity contribution in [2.24, 2.45) is 0 Å². The van der Waals surface area contributed by atoms with Crippen LogP contribution in [0.1, 0.15) is 31.2 Å². The summed E-state index contributed by atoms with van der Waals surface area (Å²) in [5.41, 5.74) is 3.33. The molecule has 0 atom stereocenters. The fraction of sp³-hybridized carbons (Fsp3) is 0.222. The van der Waals surface area contributed by atoms with Crippen LogP contribution in [-0.2, 0) is 29.3 Å². The second kappa shape index (κ2) is 11.1. The van der Waals surface area contributed by atoms with E-state index in [1.54, 1.807) is 0 Å². The van der Waals surface area contributed by atoms with Gasteiger partial charge in [0.25, 0.3) is 0 Å². The van der Waals surface area contributed by atoms with Crippen molar-refractivity contribution in [1.82, 2.24) is 14.9 Å². The average Bonchev–Trinajstić information content (AvgIpc) is 3.19. The lowest BCUT2D eigenvalue weighted by Crippen LogP contribution is -2.28. The number of carbonyl (C=O) groups excluding carboxylic acids is 2. The first-order valence-electron chi connectivity index (χ1n) is 11.4. The Hall–Kier alpha value is -4.13. The Balaban J connectivity index is 1.42. The number of nitrogens with zero attached hydrogens (tertiary/aromatic N) is 2. The maximum absolute atomic E-state index is 12.8. The summed E-state index contributed by atoms with van der Waals surface area (Å²) < 4.78 is 7.77. The van der Waals surface area contributed by atoms with Gasteiger partial charge in [-0.3, -0.25) is 9.59 Å². The second-order valence-electron chi connectivity index (χ2n) is 7.98. The van der Waals surface area contributed by atoms with E-state index in [-0.39, 0.29) is 25.0 Å². The molecule has 0 saturated carbocycles. The van der Waals surface area contributed by atoms with Crippen LogP contribution in [0.15, 0.2) is 78.9 Å². The Morgan fingerprint density at radius 2 is 1.74 bits per heavy atom. The lowest BCUT2D eigenvalue weighted by atomic mass is 10.2. The maximum atomic E-state index is 12.8. The summed E-state index contributed by atoms with van der Waals surface area (Å²) >= 11 is 0. The van der Waals surface area contributed by atoms with Gasteiger partial charge in [0.05, 0.1) is 11.0 Å². The molecule has 0 radical (unpaired) electrons. The predicted octanol–water partition coefficient (Wildman–Crippen LogP) is 4.67. The predicted molar refractivity (Wildman–Crippen MR) is 132 cm³/mol. The molecule has 34 heavy (non-hydrogen) atoms. The van der Waals surface area contributed by atoms with E-state index in [9.17, 15) is 9.59 Å². The molecular formula is C27H28N4O3. The van der Waals surface area contributed by atoms with E-state index in [0.717, 1.165) is 34.5 Å². The van der Waals surface area contributed by atoms with Gasteiger partial charge in [-0.1, -0.05) is 49.4 Å². The fourth-order valence-corrected chi connectivity index (χ4v) is 3.69. The van der Waals surface area contributed by atoms with E-state index in [0.29, 0.717) is 18.8 Å². The summed E-state index contributed by atoms with van der Waals surface area (Å²) in [7, 11) is 0. The van der Waals surface area contributed by atoms with Crippen LogP contribution in [0.5, 0.6) is 5.75 Å². The van der Waals surface area contributed by atoms with E-state index in [1.165, 1.54) is 0 Å². The summed E-state index contributed by atoms with van der Waals surface area (Å²) in [5, 5.41) is 5.85. The molecule has 7 nitrogen and oxygen atoms in total. The minimum Gasteiger partial charge on any atom is -0.486 e. The van der Waals surface area contributed by atoms with Gasteiger partial charge in [0.1, 0.15) is 24.7 Å². The van der Waals surface area contributed by atoms with Crippen molar-refractivity contribution in [3.63, 3.8) is 0 Å². The van der Waals surface area contributed by atoms with Gasteiger partial charge >= 0.3 is 0 Å². The number of imidazole rings is 1. The molecule has 0 spiro atoms. The number of anilines is 1. The zero-order valence-corrected chi connectivity index (χ0v) is 19.2. The van der Waals surface area contributed by atoms with E-state index in [1.807, 2.05) is 90.4 Å². The number of para-hydroxylation sites is 3. The third-order valence-electron chi connectivity index (χ3n) is 5.32. The highest BCUT2D eigenvalue weighted by Gasteiger charge is 2.14. The van der Waals surface area contributed by atoms with E-state index < -0.39 is 0 Å². The molecule has 7 heteroatoms. The number of rotatable bonds is 10. The van der Waals surface area contributed by atoms with Crippen LogP contribution in [0, 0.1) is 0 Å². The molecule has 2 N–H and O–H groups in total. The minimum absolute atomic E-state index is 0.0130. The number of nitrogens with one attached hydrogen (secondary N) is 2. The minimum atomic E-state index is -0.135. The topological polar surface area (TPSA) is 85.2 Å². The number of aromatic nitrogens is 2. The van der Waals surface area contributed by atoms with Crippen LogP contribution in [0.4, 0.5) is 5.69 Å². The molecule has 0 bridgehead atoms. The van der Waals surface area contributed by atoms with Gasteiger partial charge in [0.15, 0.2) is 0 Å². The van der Waals surface area contributed by atoms with Gasteiger partial charge in [-0.2, -0.15) is 0 Å². The summed E-state index contributed by atoms with van der Waals surface area (Å²) in [6, 6.07) is 24.8. The Bertz CT molecular complexity index is 1270. The van der Waals surface area contributed by atoms with Gasteiger partial charge in [0.2, 0.25) is 11.8 Å². The van der Waals surface area contributed by atoms with E-state index in [2.05, 4.69) is 15.6 Å². The molecule has 0 saturated heterocycles. The fourth-order valence-electron chi connectivity index (χ4n) is 3.69. The second-order valence-corrected chi connectivity index (χ2v) is 7.98. The third kappa shape index (κ3) is 6.01. The molecule has 4 rings (SSSR count). The lowest BCUT2D eigenvalue weighted by Gasteiger charge is -2.12. The van der Waals surface area contributed by atoms with Crippen molar-refractivity contribution >= 4 is 28.5 Å². The van der Waals surface area contributed by atoms with Crippen molar-refractivity contribution in [3.8, 4) is 5.75 Å². The highest BCUT2D eigenvalue weighted by molar-refractivity contribution is 5.90. The van der Waals surface area contributed by atoms with Crippen LogP contribution >= 0.6 is 0 Å². The number of ether oxygens (including phenoxy) is 1. The first-order valence-corrected chi connectivity index (χ1v) is 11.4. The molecule has 4 aromatic rings. The molecule has 0 aliphatic heterocycles. The maximum Gasteiger partial charge on any atom is 0.240 e. The van der Waals surface area contributed by atoms with Gasteiger partial charge < -0.3 is 19.9 Å². The summed E-state index contributed by atoms with van der Waals surface area (Å²) in [6.45, 7) is 2.71. The first-order chi connectivity index (χ1) is 16.6. The Kier molecular flexibility index (Phi) is 7.55. The van der Waals surface area contributed by atoms with Crippen molar-refractivity contribution in [1.29, 1.82) is 0 Å². The molecule has 0 unspecified atom stereocenters. The highest BCUT2D eigenvalue weighted by atomic mass is 16.5. The quantitative estimate of drug-likeness (QED) is 0.363. The largest absolute Gasteiger partial charge is 0.486 e. The molecule has 1 heterocycles. The van der Waals surface area contributed by atoms with Gasteiger partial charge in [0, 0.05) is 18.7 Å². The third-order valence-corrected chi connectivity index (χ3v) is 5.32. The van der Waals surface area contributed by atoms with Gasteiger partial charge in [-0.25, -0.2) is 4.98 Å². The highest BCUT2D eigenvalue weighted by Crippen LogP contribution is 2.18. The molecule has 1 aromatic heterocycles. The Morgan fingerprint density at radius 1 is 0.941 bits per heavy atom. The average molecular weight is 457 g/mol. The monoisotopic (exact) mass is 456 g/mol.